The minimum absolute atomic E-state index is 0.0557. The van der Waals surface area contributed by atoms with Gasteiger partial charge in [0.1, 0.15) is 23.1 Å². The predicted octanol–water partition coefficient (Wildman–Crippen LogP) is 3.33. The molecule has 2 aromatic rings. The number of benzene rings is 1. The van der Waals surface area contributed by atoms with Gasteiger partial charge in [-0.3, -0.25) is 0 Å². The summed E-state index contributed by atoms with van der Waals surface area (Å²) in [6, 6.07) is 10.5. The van der Waals surface area contributed by atoms with Crippen molar-refractivity contribution in [3.63, 3.8) is 0 Å². The number of phenolic OH excluding ortho intramolecular Hbond substituents is 1. The van der Waals surface area contributed by atoms with E-state index < -0.39 is 0 Å². The van der Waals surface area contributed by atoms with E-state index in [0.29, 0.717) is 15.7 Å². The third-order valence-electron chi connectivity index (χ3n) is 3.08. The van der Waals surface area contributed by atoms with Gasteiger partial charge in [0, 0.05) is 16.5 Å². The van der Waals surface area contributed by atoms with Crippen molar-refractivity contribution in [2.24, 2.45) is 5.73 Å². The summed E-state index contributed by atoms with van der Waals surface area (Å²) < 4.78 is 6.06. The van der Waals surface area contributed by atoms with Gasteiger partial charge in [-0.25, -0.2) is 0 Å². The molecule has 0 saturated carbocycles. The highest BCUT2D eigenvalue weighted by Gasteiger charge is 2.31. The van der Waals surface area contributed by atoms with Crippen molar-refractivity contribution in [2.45, 2.75) is 5.92 Å². The first-order valence-corrected chi connectivity index (χ1v) is 6.95. The molecule has 0 fully saturated rings. The van der Waals surface area contributed by atoms with Gasteiger partial charge in [-0.2, -0.15) is 5.26 Å². The number of fused-ring (bicyclic) bond motifs is 1. The molecular formula is C14H9ClN2O2S. The van der Waals surface area contributed by atoms with Gasteiger partial charge < -0.3 is 15.6 Å². The van der Waals surface area contributed by atoms with Crippen molar-refractivity contribution < 1.29 is 9.84 Å². The van der Waals surface area contributed by atoms with Gasteiger partial charge in [0.15, 0.2) is 0 Å². The highest BCUT2D eigenvalue weighted by Crippen LogP contribution is 2.45. The quantitative estimate of drug-likeness (QED) is 0.847. The molecule has 100 valence electrons. The summed E-state index contributed by atoms with van der Waals surface area (Å²) in [7, 11) is 0. The van der Waals surface area contributed by atoms with E-state index >= 15 is 0 Å². The van der Waals surface area contributed by atoms with Gasteiger partial charge in [-0.1, -0.05) is 17.7 Å². The molecule has 1 aliphatic rings. The molecule has 20 heavy (non-hydrogen) atoms. The average Bonchev–Trinajstić information content (AvgIpc) is 2.83. The van der Waals surface area contributed by atoms with Crippen LogP contribution in [0.25, 0.3) is 0 Å². The highest BCUT2D eigenvalue weighted by molar-refractivity contribution is 7.16. The zero-order valence-corrected chi connectivity index (χ0v) is 11.7. The molecule has 3 rings (SSSR count). The van der Waals surface area contributed by atoms with Gasteiger partial charge in [0.25, 0.3) is 0 Å². The van der Waals surface area contributed by atoms with Crippen molar-refractivity contribution in [2.75, 3.05) is 0 Å². The molecule has 0 bridgehead atoms. The van der Waals surface area contributed by atoms with Gasteiger partial charge in [0.2, 0.25) is 5.88 Å². The number of nitriles is 1. The SMILES string of the molecule is N#CC1=C(N)Oc2cc(O)ccc2[C@@H]1c1ccc(Cl)s1. The normalized spacial score (nSPS) is 17.3. The van der Waals surface area contributed by atoms with Crippen LogP contribution in [0.15, 0.2) is 41.8 Å². The number of rotatable bonds is 1. The minimum atomic E-state index is -0.318. The first kappa shape index (κ1) is 12.9. The Morgan fingerprint density at radius 2 is 2.15 bits per heavy atom. The van der Waals surface area contributed by atoms with E-state index in [0.717, 1.165) is 10.4 Å². The molecule has 0 aliphatic carbocycles. The van der Waals surface area contributed by atoms with Crippen LogP contribution in [0.5, 0.6) is 11.5 Å². The third kappa shape index (κ3) is 1.99. The van der Waals surface area contributed by atoms with Crippen molar-refractivity contribution >= 4 is 22.9 Å². The Morgan fingerprint density at radius 3 is 2.80 bits per heavy atom. The second kappa shape index (κ2) is 4.75. The number of aromatic hydroxyl groups is 1. The Kier molecular flexibility index (Phi) is 3.05. The molecule has 1 atom stereocenters. The highest BCUT2D eigenvalue weighted by atomic mass is 35.5. The second-order valence-corrected chi connectivity index (χ2v) is 6.04. The lowest BCUT2D eigenvalue weighted by Crippen LogP contribution is -2.20. The monoisotopic (exact) mass is 304 g/mol. The molecule has 1 aromatic heterocycles. The smallest absolute Gasteiger partial charge is 0.205 e. The summed E-state index contributed by atoms with van der Waals surface area (Å²) in [4.78, 5) is 0.907. The fourth-order valence-electron chi connectivity index (χ4n) is 2.22. The van der Waals surface area contributed by atoms with Crippen LogP contribution < -0.4 is 10.5 Å². The summed E-state index contributed by atoms with van der Waals surface area (Å²) in [5.41, 5.74) is 6.95. The number of allylic oxidation sites excluding steroid dienone is 1. The second-order valence-electron chi connectivity index (χ2n) is 4.29. The molecule has 4 nitrogen and oxygen atoms in total. The zero-order valence-electron chi connectivity index (χ0n) is 10.1. The topological polar surface area (TPSA) is 79.3 Å². The first-order chi connectivity index (χ1) is 9.60. The Balaban J connectivity index is 2.22. The lowest BCUT2D eigenvalue weighted by atomic mass is 9.88. The predicted molar refractivity (Wildman–Crippen MR) is 76.7 cm³/mol. The van der Waals surface area contributed by atoms with Crippen molar-refractivity contribution in [3.05, 3.63) is 56.6 Å². The lowest BCUT2D eigenvalue weighted by molar-refractivity contribution is 0.388. The number of nitrogens with zero attached hydrogens (tertiary/aromatic N) is 1. The van der Waals surface area contributed by atoms with Crippen molar-refractivity contribution in [1.82, 2.24) is 0 Å². The van der Waals surface area contributed by atoms with Crippen LogP contribution in [0.4, 0.5) is 0 Å². The number of thiophene rings is 1. The van der Waals surface area contributed by atoms with Crippen LogP contribution in [-0.2, 0) is 0 Å². The first-order valence-electron chi connectivity index (χ1n) is 5.76. The van der Waals surface area contributed by atoms with Crippen LogP contribution >= 0.6 is 22.9 Å². The zero-order chi connectivity index (χ0) is 14.3. The number of hydrogen-bond acceptors (Lipinski definition) is 5. The number of hydrogen-bond donors (Lipinski definition) is 2. The number of phenols is 1. The Bertz CT molecular complexity index is 761. The molecule has 1 aromatic carbocycles. The molecule has 0 unspecified atom stereocenters. The lowest BCUT2D eigenvalue weighted by Gasteiger charge is -2.25. The number of halogens is 1. The summed E-state index contributed by atoms with van der Waals surface area (Å²) in [5.74, 6) is 0.276. The van der Waals surface area contributed by atoms with Gasteiger partial charge >= 0.3 is 0 Å². The molecule has 0 amide bonds. The van der Waals surface area contributed by atoms with Crippen LogP contribution in [0, 0.1) is 11.3 Å². The number of nitrogens with two attached hydrogens (primary N) is 1. The van der Waals surface area contributed by atoms with E-state index in [1.165, 1.54) is 17.4 Å². The molecule has 0 saturated heterocycles. The fraction of sp³-hybridized carbons (Fsp3) is 0.0714. The standard InChI is InChI=1S/C14H9ClN2O2S/c15-12-4-3-11(20-12)13-8-2-1-7(18)5-10(8)19-14(17)9(13)6-16/h1-5,13,18H,17H2/t13-/m0/s1. The maximum absolute atomic E-state index is 9.54. The van der Waals surface area contributed by atoms with E-state index in [-0.39, 0.29) is 17.6 Å². The van der Waals surface area contributed by atoms with E-state index in [1.807, 2.05) is 6.07 Å². The molecule has 3 N–H and O–H groups in total. The number of ether oxygens (including phenoxy) is 1. The van der Waals surface area contributed by atoms with Crippen LogP contribution in [-0.4, -0.2) is 5.11 Å². The molecule has 6 heteroatoms. The van der Waals surface area contributed by atoms with E-state index in [2.05, 4.69) is 6.07 Å². The summed E-state index contributed by atoms with van der Waals surface area (Å²) in [6.07, 6.45) is 0. The van der Waals surface area contributed by atoms with Gasteiger partial charge in [0.05, 0.1) is 10.3 Å². The Hall–Kier alpha value is -2.16. The maximum Gasteiger partial charge on any atom is 0.205 e. The van der Waals surface area contributed by atoms with Gasteiger partial charge in [-0.05, 0) is 18.2 Å². The minimum Gasteiger partial charge on any atom is -0.508 e. The average molecular weight is 305 g/mol. The van der Waals surface area contributed by atoms with E-state index in [1.54, 1.807) is 18.2 Å². The third-order valence-corrected chi connectivity index (χ3v) is 4.38. The van der Waals surface area contributed by atoms with E-state index in [4.69, 9.17) is 22.1 Å². The molecule has 1 aliphatic heterocycles. The van der Waals surface area contributed by atoms with E-state index in [9.17, 15) is 10.4 Å². The summed E-state index contributed by atoms with van der Waals surface area (Å²) in [5, 5.41) is 18.9. The van der Waals surface area contributed by atoms with Crippen LogP contribution in [0.1, 0.15) is 16.4 Å². The van der Waals surface area contributed by atoms with Crippen LogP contribution in [0.2, 0.25) is 4.34 Å². The molecule has 2 heterocycles. The Labute approximate surface area is 124 Å². The molecular weight excluding hydrogens is 296 g/mol. The largest absolute Gasteiger partial charge is 0.508 e. The molecule has 0 radical (unpaired) electrons. The van der Waals surface area contributed by atoms with Gasteiger partial charge in [-0.15, -0.1) is 11.3 Å². The summed E-state index contributed by atoms with van der Waals surface area (Å²) >= 11 is 7.37. The fourth-order valence-corrected chi connectivity index (χ4v) is 3.41. The maximum atomic E-state index is 9.54. The van der Waals surface area contributed by atoms with Crippen molar-refractivity contribution in [3.8, 4) is 17.6 Å². The Morgan fingerprint density at radius 1 is 1.35 bits per heavy atom. The molecule has 0 spiro atoms. The summed E-state index contributed by atoms with van der Waals surface area (Å²) in [6.45, 7) is 0. The van der Waals surface area contributed by atoms with Crippen molar-refractivity contribution in [1.29, 1.82) is 5.26 Å². The van der Waals surface area contributed by atoms with Crippen LogP contribution in [0.3, 0.4) is 0 Å².